The summed E-state index contributed by atoms with van der Waals surface area (Å²) in [6, 6.07) is 0. The number of thiazole rings is 1. The van der Waals surface area contributed by atoms with Crippen molar-refractivity contribution >= 4 is 22.4 Å². The normalized spacial score (nSPS) is 19.0. The molecule has 1 aliphatic heterocycles. The molecule has 21 heavy (non-hydrogen) atoms. The zero-order chi connectivity index (χ0) is 15.2. The molecule has 6 heteroatoms. The maximum atomic E-state index is 11.5. The van der Waals surface area contributed by atoms with Crippen LogP contribution in [0.2, 0.25) is 0 Å². The van der Waals surface area contributed by atoms with Crippen molar-refractivity contribution in [1.82, 2.24) is 15.2 Å². The monoisotopic (exact) mass is 310 g/mol. The second-order valence-corrected chi connectivity index (χ2v) is 6.63. The smallest absolute Gasteiger partial charge is 0.225 e. The van der Waals surface area contributed by atoms with Crippen molar-refractivity contribution < 1.29 is 4.79 Å². The third-order valence-electron chi connectivity index (χ3n) is 3.87. The van der Waals surface area contributed by atoms with Crippen LogP contribution in [-0.2, 0) is 11.3 Å². The van der Waals surface area contributed by atoms with Gasteiger partial charge in [-0.1, -0.05) is 0 Å². The number of carbonyl (C=O) groups is 1. The van der Waals surface area contributed by atoms with Crippen molar-refractivity contribution in [1.29, 1.82) is 0 Å². The lowest BCUT2D eigenvalue weighted by atomic mass is 9.99. The average Bonchev–Trinajstić information content (AvgIpc) is 2.88. The molecule has 118 valence electrons. The molecule has 1 fully saturated rings. The van der Waals surface area contributed by atoms with Crippen LogP contribution in [0.3, 0.4) is 0 Å². The molecule has 5 nitrogen and oxygen atoms in total. The van der Waals surface area contributed by atoms with Crippen molar-refractivity contribution in [3.8, 4) is 0 Å². The summed E-state index contributed by atoms with van der Waals surface area (Å²) < 4.78 is 0. The van der Waals surface area contributed by atoms with Gasteiger partial charge in [-0.2, -0.15) is 0 Å². The second-order valence-electron chi connectivity index (χ2n) is 5.79. The van der Waals surface area contributed by atoms with E-state index in [1.807, 2.05) is 6.92 Å². The molecule has 1 aromatic rings. The Kier molecular flexibility index (Phi) is 6.14. The molecule has 1 saturated heterocycles. The van der Waals surface area contributed by atoms with E-state index < -0.39 is 0 Å². The first-order valence-corrected chi connectivity index (χ1v) is 8.60. The summed E-state index contributed by atoms with van der Waals surface area (Å²) >= 11 is 1.55. The van der Waals surface area contributed by atoms with E-state index in [9.17, 15) is 4.79 Å². The molecule has 0 saturated carbocycles. The molecular weight excluding hydrogens is 284 g/mol. The lowest BCUT2D eigenvalue weighted by Crippen LogP contribution is -2.36. The minimum atomic E-state index is 0.0556. The van der Waals surface area contributed by atoms with Gasteiger partial charge in [0.1, 0.15) is 0 Å². The summed E-state index contributed by atoms with van der Waals surface area (Å²) in [7, 11) is 2.15. The fourth-order valence-corrected chi connectivity index (χ4v) is 3.77. The molecule has 1 unspecified atom stereocenters. The van der Waals surface area contributed by atoms with Gasteiger partial charge in [0, 0.05) is 31.9 Å². The van der Waals surface area contributed by atoms with Crippen molar-refractivity contribution in [2.45, 2.75) is 33.2 Å². The van der Waals surface area contributed by atoms with Crippen LogP contribution in [-0.4, -0.2) is 49.0 Å². The van der Waals surface area contributed by atoms with Crippen molar-refractivity contribution in [2.75, 3.05) is 38.1 Å². The van der Waals surface area contributed by atoms with Crippen molar-refractivity contribution in [2.24, 2.45) is 5.92 Å². The lowest BCUT2D eigenvalue weighted by Gasteiger charge is -2.27. The SMILES string of the molecule is CCN(C(C)=O)c1nc(CN(C)CC2CCCNC2)cs1. The summed E-state index contributed by atoms with van der Waals surface area (Å²) in [5, 5.41) is 6.34. The Labute approximate surface area is 131 Å². The molecule has 0 bridgehead atoms. The summed E-state index contributed by atoms with van der Waals surface area (Å²) in [6.07, 6.45) is 2.59. The summed E-state index contributed by atoms with van der Waals surface area (Å²) in [5.74, 6) is 0.797. The third-order valence-corrected chi connectivity index (χ3v) is 4.78. The van der Waals surface area contributed by atoms with Gasteiger partial charge in [-0.3, -0.25) is 9.69 Å². The van der Waals surface area contributed by atoms with Gasteiger partial charge in [0.25, 0.3) is 0 Å². The number of hydrogen-bond acceptors (Lipinski definition) is 5. The fourth-order valence-electron chi connectivity index (χ4n) is 2.85. The Morgan fingerprint density at radius 3 is 3.00 bits per heavy atom. The molecule has 0 aromatic carbocycles. The summed E-state index contributed by atoms with van der Waals surface area (Å²) in [4.78, 5) is 20.2. The maximum absolute atomic E-state index is 11.5. The molecule has 0 spiro atoms. The van der Waals surface area contributed by atoms with Gasteiger partial charge >= 0.3 is 0 Å². The van der Waals surface area contributed by atoms with Crippen LogP contribution < -0.4 is 10.2 Å². The predicted molar refractivity (Wildman–Crippen MR) is 87.7 cm³/mol. The predicted octanol–water partition coefficient (Wildman–Crippen LogP) is 1.95. The highest BCUT2D eigenvalue weighted by molar-refractivity contribution is 7.14. The molecule has 1 atom stereocenters. The highest BCUT2D eigenvalue weighted by atomic mass is 32.1. The van der Waals surface area contributed by atoms with Crippen LogP contribution in [0.25, 0.3) is 0 Å². The number of nitrogens with zero attached hydrogens (tertiary/aromatic N) is 3. The van der Waals surface area contributed by atoms with Crippen molar-refractivity contribution in [3.63, 3.8) is 0 Å². The van der Waals surface area contributed by atoms with E-state index in [-0.39, 0.29) is 5.91 Å². The zero-order valence-corrected chi connectivity index (χ0v) is 14.1. The first-order valence-electron chi connectivity index (χ1n) is 7.72. The maximum Gasteiger partial charge on any atom is 0.225 e. The Hall–Kier alpha value is -0.980. The second kappa shape index (κ2) is 7.87. The number of hydrogen-bond donors (Lipinski definition) is 1. The number of piperidine rings is 1. The van der Waals surface area contributed by atoms with Gasteiger partial charge in [-0.15, -0.1) is 11.3 Å². The number of aromatic nitrogens is 1. The van der Waals surface area contributed by atoms with E-state index in [0.717, 1.165) is 42.9 Å². The topological polar surface area (TPSA) is 48.5 Å². The number of amides is 1. The summed E-state index contributed by atoms with van der Waals surface area (Å²) in [5.41, 5.74) is 1.06. The quantitative estimate of drug-likeness (QED) is 0.872. The van der Waals surface area contributed by atoms with Crippen LogP contribution in [0.15, 0.2) is 5.38 Å². The standard InChI is InChI=1S/C15H26N4OS/c1-4-19(12(2)20)15-17-14(11-21-15)10-18(3)9-13-6-5-7-16-8-13/h11,13,16H,4-10H2,1-3H3. The van der Waals surface area contributed by atoms with E-state index in [1.165, 1.54) is 12.8 Å². The Morgan fingerprint density at radius 1 is 1.57 bits per heavy atom. The largest absolute Gasteiger partial charge is 0.316 e. The number of rotatable bonds is 6. The first-order chi connectivity index (χ1) is 10.1. The van der Waals surface area contributed by atoms with Gasteiger partial charge in [0.05, 0.1) is 5.69 Å². The molecule has 1 aliphatic rings. The van der Waals surface area contributed by atoms with Crippen LogP contribution in [0.4, 0.5) is 5.13 Å². The molecule has 0 radical (unpaired) electrons. The first kappa shape index (κ1) is 16.4. The van der Waals surface area contributed by atoms with Gasteiger partial charge < -0.3 is 10.2 Å². The van der Waals surface area contributed by atoms with Gasteiger partial charge in [0.15, 0.2) is 5.13 Å². The average molecular weight is 310 g/mol. The molecule has 2 heterocycles. The minimum absolute atomic E-state index is 0.0556. The minimum Gasteiger partial charge on any atom is -0.316 e. The molecule has 1 amide bonds. The lowest BCUT2D eigenvalue weighted by molar-refractivity contribution is -0.116. The number of carbonyl (C=O) groups excluding carboxylic acids is 1. The van der Waals surface area contributed by atoms with Crippen molar-refractivity contribution in [3.05, 3.63) is 11.1 Å². The fraction of sp³-hybridized carbons (Fsp3) is 0.733. The number of nitrogens with one attached hydrogen (secondary N) is 1. The summed E-state index contributed by atoms with van der Waals surface area (Å²) in [6.45, 7) is 8.48. The molecule has 0 aliphatic carbocycles. The Balaban J connectivity index is 1.87. The number of anilines is 1. The van der Waals surface area contributed by atoms with E-state index in [4.69, 9.17) is 0 Å². The van der Waals surface area contributed by atoms with Gasteiger partial charge in [0.2, 0.25) is 5.91 Å². The molecule has 2 rings (SSSR count). The van der Waals surface area contributed by atoms with Gasteiger partial charge in [-0.05, 0) is 45.8 Å². The van der Waals surface area contributed by atoms with E-state index >= 15 is 0 Å². The highest BCUT2D eigenvalue weighted by Crippen LogP contribution is 2.21. The van der Waals surface area contributed by atoms with Crippen LogP contribution in [0.5, 0.6) is 0 Å². The highest BCUT2D eigenvalue weighted by Gasteiger charge is 2.17. The third kappa shape index (κ3) is 4.76. The molecular formula is C15H26N4OS. The van der Waals surface area contributed by atoms with Crippen LogP contribution in [0.1, 0.15) is 32.4 Å². The Bertz CT molecular complexity index is 456. The van der Waals surface area contributed by atoms with Gasteiger partial charge in [-0.25, -0.2) is 4.98 Å². The molecule has 1 aromatic heterocycles. The molecule has 1 N–H and O–H groups in total. The van der Waals surface area contributed by atoms with E-state index in [0.29, 0.717) is 6.54 Å². The van der Waals surface area contributed by atoms with E-state index in [2.05, 4.69) is 27.6 Å². The van der Waals surface area contributed by atoms with Crippen LogP contribution >= 0.6 is 11.3 Å². The zero-order valence-electron chi connectivity index (χ0n) is 13.3. The van der Waals surface area contributed by atoms with E-state index in [1.54, 1.807) is 23.2 Å². The van der Waals surface area contributed by atoms with Crippen LogP contribution in [0, 0.1) is 5.92 Å². The Morgan fingerprint density at radius 2 is 2.38 bits per heavy atom.